The predicted octanol–water partition coefficient (Wildman–Crippen LogP) is 3.51. The summed E-state index contributed by atoms with van der Waals surface area (Å²) < 4.78 is 5.42. The number of nitrogens with two attached hydrogens (primary N) is 1. The second kappa shape index (κ2) is 5.60. The van der Waals surface area contributed by atoms with E-state index in [0.717, 1.165) is 23.2 Å². The van der Waals surface area contributed by atoms with E-state index in [4.69, 9.17) is 9.92 Å². The summed E-state index contributed by atoms with van der Waals surface area (Å²) in [7, 11) is 0. The maximum Gasteiger partial charge on any atom is 0.224 e. The summed E-state index contributed by atoms with van der Waals surface area (Å²) in [6.07, 6.45) is 0. The highest BCUT2D eigenvalue weighted by atomic mass is 32.2. The van der Waals surface area contributed by atoms with Gasteiger partial charge in [-0.1, -0.05) is 30.3 Å². The fraction of sp³-hybridized carbons (Fsp3) is 0.0714. The standard InChI is InChI=1S/C14H13NO2S/c1-10(16)18-17-14-9-12(15)7-8-13(14)11-5-3-2-4-6-11/h2-9H,15H2,1H3. The highest BCUT2D eigenvalue weighted by Gasteiger charge is 2.08. The topological polar surface area (TPSA) is 52.3 Å². The van der Waals surface area contributed by atoms with Gasteiger partial charge in [-0.05, 0) is 17.7 Å². The van der Waals surface area contributed by atoms with Gasteiger partial charge in [0, 0.05) is 24.2 Å². The van der Waals surface area contributed by atoms with Gasteiger partial charge in [0.1, 0.15) is 17.8 Å². The molecule has 18 heavy (non-hydrogen) atoms. The summed E-state index contributed by atoms with van der Waals surface area (Å²) in [5, 5.41) is -0.101. The van der Waals surface area contributed by atoms with Gasteiger partial charge in [-0.25, -0.2) is 0 Å². The Morgan fingerprint density at radius 3 is 2.56 bits per heavy atom. The third kappa shape index (κ3) is 3.05. The van der Waals surface area contributed by atoms with Gasteiger partial charge >= 0.3 is 0 Å². The Balaban J connectivity index is 2.37. The predicted molar refractivity (Wildman–Crippen MR) is 75.2 cm³/mol. The number of hydrogen-bond acceptors (Lipinski definition) is 4. The lowest BCUT2D eigenvalue weighted by molar-refractivity contribution is -0.109. The van der Waals surface area contributed by atoms with Crippen molar-refractivity contribution in [2.75, 3.05) is 5.73 Å². The molecular weight excluding hydrogens is 246 g/mol. The molecule has 3 nitrogen and oxygen atoms in total. The maximum absolute atomic E-state index is 11.0. The minimum absolute atomic E-state index is 0.101. The molecule has 0 saturated heterocycles. The fourth-order valence-electron chi connectivity index (χ4n) is 1.57. The zero-order valence-electron chi connectivity index (χ0n) is 9.92. The van der Waals surface area contributed by atoms with Gasteiger partial charge in [-0.15, -0.1) is 0 Å². The summed E-state index contributed by atoms with van der Waals surface area (Å²) in [4.78, 5) is 11.0. The number of anilines is 1. The first-order valence-electron chi connectivity index (χ1n) is 5.47. The van der Waals surface area contributed by atoms with Crippen LogP contribution in [0.25, 0.3) is 11.1 Å². The van der Waals surface area contributed by atoms with Crippen LogP contribution >= 0.6 is 12.0 Å². The third-order valence-corrected chi connectivity index (χ3v) is 2.84. The molecule has 0 bridgehead atoms. The van der Waals surface area contributed by atoms with E-state index in [1.807, 2.05) is 42.5 Å². The molecule has 0 radical (unpaired) electrons. The van der Waals surface area contributed by atoms with Gasteiger partial charge in [0.2, 0.25) is 5.12 Å². The first-order chi connectivity index (χ1) is 8.66. The Morgan fingerprint density at radius 1 is 1.17 bits per heavy atom. The molecule has 0 heterocycles. The highest BCUT2D eigenvalue weighted by molar-refractivity contribution is 8.09. The Hall–Kier alpha value is -1.94. The number of hydrogen-bond donors (Lipinski definition) is 1. The fourth-order valence-corrected chi connectivity index (χ4v) is 1.91. The monoisotopic (exact) mass is 259 g/mol. The quantitative estimate of drug-likeness (QED) is 0.677. The van der Waals surface area contributed by atoms with Crippen LogP contribution in [0, 0.1) is 0 Å². The zero-order valence-corrected chi connectivity index (χ0v) is 10.7. The molecule has 0 atom stereocenters. The molecule has 2 N–H and O–H groups in total. The van der Waals surface area contributed by atoms with Crippen molar-refractivity contribution >= 4 is 22.8 Å². The average molecular weight is 259 g/mol. The molecule has 0 unspecified atom stereocenters. The van der Waals surface area contributed by atoms with Crippen molar-refractivity contribution in [1.82, 2.24) is 0 Å². The Kier molecular flexibility index (Phi) is 3.89. The zero-order chi connectivity index (χ0) is 13.0. The van der Waals surface area contributed by atoms with Gasteiger partial charge in [0.25, 0.3) is 0 Å². The van der Waals surface area contributed by atoms with E-state index in [9.17, 15) is 4.79 Å². The van der Waals surface area contributed by atoms with Gasteiger partial charge in [-0.2, -0.15) is 0 Å². The molecule has 0 spiro atoms. The molecule has 2 aromatic carbocycles. The van der Waals surface area contributed by atoms with Crippen molar-refractivity contribution in [2.45, 2.75) is 6.92 Å². The first kappa shape index (κ1) is 12.5. The minimum Gasteiger partial charge on any atom is -0.417 e. The van der Waals surface area contributed by atoms with Crippen LogP contribution in [0.5, 0.6) is 5.75 Å². The van der Waals surface area contributed by atoms with Crippen molar-refractivity contribution in [1.29, 1.82) is 0 Å². The molecule has 0 aliphatic heterocycles. The van der Waals surface area contributed by atoms with Gasteiger partial charge in [0.05, 0.1) is 0 Å². The van der Waals surface area contributed by atoms with Crippen molar-refractivity contribution in [3.8, 4) is 16.9 Å². The van der Waals surface area contributed by atoms with Crippen LogP contribution < -0.4 is 9.92 Å². The molecule has 4 heteroatoms. The van der Waals surface area contributed by atoms with Crippen LogP contribution in [-0.2, 0) is 4.79 Å². The molecule has 0 amide bonds. The van der Waals surface area contributed by atoms with Crippen molar-refractivity contribution < 1.29 is 8.98 Å². The Labute approximate surface area is 110 Å². The molecule has 0 aliphatic rings. The van der Waals surface area contributed by atoms with Crippen LogP contribution in [0.1, 0.15) is 6.92 Å². The number of rotatable bonds is 3. The summed E-state index contributed by atoms with van der Waals surface area (Å²) in [5.74, 6) is 0.599. The molecule has 92 valence electrons. The van der Waals surface area contributed by atoms with E-state index in [0.29, 0.717) is 11.4 Å². The first-order valence-corrected chi connectivity index (χ1v) is 6.21. The van der Waals surface area contributed by atoms with E-state index >= 15 is 0 Å². The molecule has 0 aliphatic carbocycles. The number of benzene rings is 2. The number of carbonyl (C=O) groups excluding carboxylic acids is 1. The molecule has 2 aromatic rings. The summed E-state index contributed by atoms with van der Waals surface area (Å²) in [5.41, 5.74) is 8.28. The van der Waals surface area contributed by atoms with Crippen LogP contribution in [0.15, 0.2) is 48.5 Å². The minimum atomic E-state index is -0.101. The van der Waals surface area contributed by atoms with E-state index in [1.165, 1.54) is 6.92 Å². The van der Waals surface area contributed by atoms with Crippen molar-refractivity contribution in [3.05, 3.63) is 48.5 Å². The third-order valence-electron chi connectivity index (χ3n) is 2.34. The molecule has 0 aromatic heterocycles. The van der Waals surface area contributed by atoms with Crippen LogP contribution in [0.3, 0.4) is 0 Å². The van der Waals surface area contributed by atoms with Crippen molar-refractivity contribution in [3.63, 3.8) is 0 Å². The lowest BCUT2D eigenvalue weighted by atomic mass is 10.0. The smallest absolute Gasteiger partial charge is 0.224 e. The second-order valence-corrected chi connectivity index (χ2v) is 4.69. The second-order valence-electron chi connectivity index (χ2n) is 3.78. The number of carbonyl (C=O) groups is 1. The summed E-state index contributed by atoms with van der Waals surface area (Å²) >= 11 is 0.807. The molecule has 0 fully saturated rings. The molecule has 2 rings (SSSR count). The van der Waals surface area contributed by atoms with Gasteiger partial charge in [0.15, 0.2) is 0 Å². The highest BCUT2D eigenvalue weighted by Crippen LogP contribution is 2.33. The molecular formula is C14H13NO2S. The lowest BCUT2D eigenvalue weighted by Gasteiger charge is -2.10. The normalized spacial score (nSPS) is 10.1. The van der Waals surface area contributed by atoms with Crippen LogP contribution in [0.4, 0.5) is 5.69 Å². The average Bonchev–Trinajstić information content (AvgIpc) is 2.37. The van der Waals surface area contributed by atoms with Crippen LogP contribution in [-0.4, -0.2) is 5.12 Å². The van der Waals surface area contributed by atoms with Crippen LogP contribution in [0.2, 0.25) is 0 Å². The van der Waals surface area contributed by atoms with Gasteiger partial charge < -0.3 is 9.92 Å². The maximum atomic E-state index is 11.0. The Bertz CT molecular complexity index is 555. The Morgan fingerprint density at radius 2 is 1.89 bits per heavy atom. The van der Waals surface area contributed by atoms with E-state index in [1.54, 1.807) is 6.07 Å². The van der Waals surface area contributed by atoms with E-state index in [2.05, 4.69) is 0 Å². The molecule has 0 saturated carbocycles. The van der Waals surface area contributed by atoms with Crippen molar-refractivity contribution in [2.24, 2.45) is 0 Å². The van der Waals surface area contributed by atoms with E-state index < -0.39 is 0 Å². The van der Waals surface area contributed by atoms with Gasteiger partial charge in [-0.3, -0.25) is 4.79 Å². The largest absolute Gasteiger partial charge is 0.417 e. The van der Waals surface area contributed by atoms with E-state index in [-0.39, 0.29) is 5.12 Å². The summed E-state index contributed by atoms with van der Waals surface area (Å²) in [6.45, 7) is 1.46. The number of nitrogen functional groups attached to an aromatic ring is 1. The SMILES string of the molecule is CC(=O)SOc1cc(N)ccc1-c1ccccc1. The summed E-state index contributed by atoms with van der Waals surface area (Å²) in [6, 6.07) is 15.2. The lowest BCUT2D eigenvalue weighted by Crippen LogP contribution is -1.93.